The number of carbonyl (C=O) groups excluding carboxylic acids is 2. The average Bonchev–Trinajstić information content (AvgIpc) is 3.41. The summed E-state index contributed by atoms with van der Waals surface area (Å²) < 4.78 is 4.30. The summed E-state index contributed by atoms with van der Waals surface area (Å²) in [6.07, 6.45) is 5.42. The number of nitrogens with one attached hydrogen (secondary N) is 1. The number of halogens is 1. The van der Waals surface area contributed by atoms with Gasteiger partial charge in [0.1, 0.15) is 5.49 Å². The van der Waals surface area contributed by atoms with Crippen LogP contribution in [-0.4, -0.2) is 25.9 Å². The van der Waals surface area contributed by atoms with Gasteiger partial charge in [-0.05, 0) is 48.5 Å². The summed E-state index contributed by atoms with van der Waals surface area (Å²) in [7, 11) is 0. The van der Waals surface area contributed by atoms with E-state index in [-0.39, 0.29) is 11.8 Å². The molecular formula is C22H18ClN5O2S. The third-order valence-corrected chi connectivity index (χ3v) is 5.63. The number of rotatable bonds is 5. The summed E-state index contributed by atoms with van der Waals surface area (Å²) in [4.78, 5) is 32.5. The molecule has 156 valence electrons. The highest BCUT2D eigenvalue weighted by atomic mass is 35.5. The molecule has 0 fully saturated rings. The summed E-state index contributed by atoms with van der Waals surface area (Å²) >= 11 is 7.11. The zero-order valence-electron chi connectivity index (χ0n) is 16.5. The summed E-state index contributed by atoms with van der Waals surface area (Å²) in [5.74, 6) is -0.431. The lowest BCUT2D eigenvalue weighted by Gasteiger charge is -2.09. The molecule has 0 aliphatic heterocycles. The number of amides is 2. The maximum Gasteiger partial charge on any atom is 0.261 e. The minimum atomic E-state index is -0.253. The van der Waals surface area contributed by atoms with Crippen molar-refractivity contribution < 1.29 is 9.59 Å². The maximum atomic E-state index is 12.1. The molecule has 0 radical (unpaired) electrons. The number of imidazole rings is 1. The second kappa shape index (κ2) is 9.11. The molecule has 31 heavy (non-hydrogen) atoms. The molecule has 0 bridgehead atoms. The van der Waals surface area contributed by atoms with Crippen LogP contribution in [0.5, 0.6) is 0 Å². The lowest BCUT2D eigenvalue weighted by atomic mass is 10.2. The Kier molecular flexibility index (Phi) is 6.11. The fourth-order valence-corrected chi connectivity index (χ4v) is 3.94. The molecule has 7 nitrogen and oxygen atoms in total. The Morgan fingerprint density at radius 3 is 2.58 bits per heavy atom. The lowest BCUT2D eigenvalue weighted by Crippen LogP contribution is -2.21. The zero-order valence-corrected chi connectivity index (χ0v) is 18.1. The van der Waals surface area contributed by atoms with Crippen LogP contribution in [0.2, 0.25) is 4.34 Å². The van der Waals surface area contributed by atoms with Gasteiger partial charge < -0.3 is 14.5 Å². The molecule has 4 rings (SSSR count). The van der Waals surface area contributed by atoms with Crippen molar-refractivity contribution in [3.8, 4) is 11.4 Å². The molecule has 0 saturated carbocycles. The van der Waals surface area contributed by atoms with Gasteiger partial charge in [0.15, 0.2) is 0 Å². The van der Waals surface area contributed by atoms with Crippen LogP contribution in [0.3, 0.4) is 0 Å². The van der Waals surface area contributed by atoms with Gasteiger partial charge in [-0.25, -0.2) is 4.98 Å². The molecule has 3 aromatic heterocycles. The third kappa shape index (κ3) is 4.99. The third-order valence-electron chi connectivity index (χ3n) is 4.40. The van der Waals surface area contributed by atoms with Gasteiger partial charge in [0.25, 0.3) is 5.91 Å². The highest BCUT2D eigenvalue weighted by Crippen LogP contribution is 2.21. The SMILES string of the molecule is CC(=O)N=c1ccccn1-c1ccc(-n2cnc(CNC(=O)c3ccc(Cl)s3)c2)cc1. The lowest BCUT2D eigenvalue weighted by molar-refractivity contribution is -0.116. The number of pyridine rings is 1. The van der Waals surface area contributed by atoms with Gasteiger partial charge in [-0.3, -0.25) is 9.59 Å². The Bertz CT molecular complexity index is 1300. The van der Waals surface area contributed by atoms with Crippen LogP contribution < -0.4 is 10.8 Å². The normalized spacial score (nSPS) is 11.5. The monoisotopic (exact) mass is 451 g/mol. The van der Waals surface area contributed by atoms with Crippen LogP contribution in [0.25, 0.3) is 11.4 Å². The van der Waals surface area contributed by atoms with Crippen molar-refractivity contribution in [3.05, 3.63) is 93.7 Å². The molecule has 0 unspecified atom stereocenters. The van der Waals surface area contributed by atoms with E-state index in [1.165, 1.54) is 18.3 Å². The standard InChI is InChI=1S/C22H18ClN5O2S/c1-15(29)26-21-4-2-3-11-28(21)18-7-5-17(6-8-18)27-13-16(25-14-27)12-24-22(30)19-9-10-20(23)31-19/h2-11,13-14H,12H2,1H3,(H,24,30). The van der Waals surface area contributed by atoms with Crippen LogP contribution in [0, 0.1) is 0 Å². The first-order valence-corrected chi connectivity index (χ1v) is 10.6. The molecule has 0 atom stereocenters. The second-order valence-electron chi connectivity index (χ2n) is 6.63. The molecule has 3 heterocycles. The van der Waals surface area contributed by atoms with Gasteiger partial charge in [0.2, 0.25) is 5.91 Å². The minimum Gasteiger partial charge on any atom is -0.346 e. The van der Waals surface area contributed by atoms with Crippen molar-refractivity contribution in [3.63, 3.8) is 0 Å². The zero-order chi connectivity index (χ0) is 21.8. The van der Waals surface area contributed by atoms with Crippen LogP contribution >= 0.6 is 22.9 Å². The van der Waals surface area contributed by atoms with Crippen molar-refractivity contribution in [1.82, 2.24) is 19.4 Å². The van der Waals surface area contributed by atoms with Gasteiger partial charge in [0.05, 0.1) is 27.8 Å². The first kappa shape index (κ1) is 20.8. The molecule has 0 spiro atoms. The maximum absolute atomic E-state index is 12.1. The van der Waals surface area contributed by atoms with E-state index in [2.05, 4.69) is 15.3 Å². The highest BCUT2D eigenvalue weighted by molar-refractivity contribution is 7.17. The van der Waals surface area contributed by atoms with Crippen molar-refractivity contribution in [2.24, 2.45) is 4.99 Å². The van der Waals surface area contributed by atoms with E-state index in [4.69, 9.17) is 11.6 Å². The number of aromatic nitrogens is 3. The average molecular weight is 452 g/mol. The number of thiophene rings is 1. The van der Waals surface area contributed by atoms with Gasteiger partial charge in [-0.1, -0.05) is 17.7 Å². The van der Waals surface area contributed by atoms with E-state index in [9.17, 15) is 9.59 Å². The summed E-state index contributed by atoms with van der Waals surface area (Å²) in [5.41, 5.74) is 3.10. The Morgan fingerprint density at radius 1 is 1.10 bits per heavy atom. The first-order chi connectivity index (χ1) is 15.0. The van der Waals surface area contributed by atoms with Crippen molar-refractivity contribution in [2.45, 2.75) is 13.5 Å². The summed E-state index contributed by atoms with van der Waals surface area (Å²) in [6, 6.07) is 16.7. The molecule has 0 saturated heterocycles. The summed E-state index contributed by atoms with van der Waals surface area (Å²) in [5, 5.41) is 2.84. The van der Waals surface area contributed by atoms with E-state index in [0.29, 0.717) is 21.2 Å². The van der Waals surface area contributed by atoms with E-state index in [1.54, 1.807) is 24.5 Å². The van der Waals surface area contributed by atoms with Crippen LogP contribution in [-0.2, 0) is 11.3 Å². The molecular weight excluding hydrogens is 434 g/mol. The van der Waals surface area contributed by atoms with Gasteiger partial charge in [-0.15, -0.1) is 11.3 Å². The molecule has 0 aliphatic rings. The Hall–Kier alpha value is -3.49. The topological polar surface area (TPSA) is 81.3 Å². The second-order valence-corrected chi connectivity index (χ2v) is 8.35. The molecule has 1 N–H and O–H groups in total. The van der Waals surface area contributed by atoms with Gasteiger partial charge in [-0.2, -0.15) is 4.99 Å². The smallest absolute Gasteiger partial charge is 0.261 e. The van der Waals surface area contributed by atoms with Crippen LogP contribution in [0.4, 0.5) is 0 Å². The number of hydrogen-bond acceptors (Lipinski definition) is 4. The number of nitrogens with zero attached hydrogens (tertiary/aromatic N) is 4. The predicted octanol–water partition coefficient (Wildman–Crippen LogP) is 3.76. The minimum absolute atomic E-state index is 0.178. The van der Waals surface area contributed by atoms with Crippen LogP contribution in [0.15, 0.2) is 78.3 Å². The largest absolute Gasteiger partial charge is 0.346 e. The van der Waals surface area contributed by atoms with Crippen LogP contribution in [0.1, 0.15) is 22.3 Å². The Labute approximate surface area is 187 Å². The quantitative estimate of drug-likeness (QED) is 0.501. The Morgan fingerprint density at radius 2 is 1.87 bits per heavy atom. The highest BCUT2D eigenvalue weighted by Gasteiger charge is 2.09. The molecule has 1 aromatic carbocycles. The Balaban J connectivity index is 1.48. The van der Waals surface area contributed by atoms with E-state index in [0.717, 1.165) is 17.1 Å². The number of benzene rings is 1. The molecule has 9 heteroatoms. The number of hydrogen-bond donors (Lipinski definition) is 1. The van der Waals surface area contributed by atoms with E-state index < -0.39 is 0 Å². The van der Waals surface area contributed by atoms with Crippen molar-refractivity contribution in [1.29, 1.82) is 0 Å². The molecule has 4 aromatic rings. The fraction of sp³-hybridized carbons (Fsp3) is 0.0909. The number of carbonyl (C=O) groups is 2. The van der Waals surface area contributed by atoms with Gasteiger partial charge >= 0.3 is 0 Å². The molecule has 2 amide bonds. The fourth-order valence-electron chi connectivity index (χ4n) is 2.98. The van der Waals surface area contributed by atoms with Crippen molar-refractivity contribution in [2.75, 3.05) is 0 Å². The van der Waals surface area contributed by atoms with Gasteiger partial charge in [0, 0.05) is 30.7 Å². The molecule has 0 aliphatic carbocycles. The van der Waals surface area contributed by atoms with E-state index in [1.807, 2.05) is 57.9 Å². The predicted molar refractivity (Wildman–Crippen MR) is 120 cm³/mol. The van der Waals surface area contributed by atoms with Crippen molar-refractivity contribution >= 4 is 34.8 Å². The van der Waals surface area contributed by atoms with E-state index >= 15 is 0 Å². The summed E-state index contributed by atoms with van der Waals surface area (Å²) in [6.45, 7) is 1.74. The first-order valence-electron chi connectivity index (χ1n) is 9.40.